The molecule has 4 heteroatoms. The maximum Gasteiger partial charge on any atom is 0.231 e. The van der Waals surface area contributed by atoms with Gasteiger partial charge in [-0.3, -0.25) is 5.32 Å². The Kier molecular flexibility index (Phi) is 3.93. The van der Waals surface area contributed by atoms with E-state index in [2.05, 4.69) is 34.1 Å². The summed E-state index contributed by atoms with van der Waals surface area (Å²) in [7, 11) is 0. The van der Waals surface area contributed by atoms with E-state index in [1.807, 2.05) is 12.1 Å². The summed E-state index contributed by atoms with van der Waals surface area (Å²) in [5.74, 6) is 4.28. The first-order valence-electron chi connectivity index (χ1n) is 5.52. The normalized spacial score (nSPS) is 14.4. The lowest BCUT2D eigenvalue weighted by molar-refractivity contribution is 0.174. The number of hydrogen-bond donors (Lipinski definition) is 1. The van der Waals surface area contributed by atoms with Crippen LogP contribution in [-0.2, 0) is 6.54 Å². The number of fused-ring (bicyclic) bond motifs is 1. The van der Waals surface area contributed by atoms with Gasteiger partial charge in [0.2, 0.25) is 6.79 Å². The second kappa shape index (κ2) is 5.44. The molecule has 90 valence electrons. The molecule has 0 bridgehead atoms. The first-order chi connectivity index (χ1) is 8.24. The Hall–Kier alpha value is -1.18. The van der Waals surface area contributed by atoms with Crippen molar-refractivity contribution in [2.45, 2.75) is 25.9 Å². The third-order valence-corrected chi connectivity index (χ3v) is 3.43. The zero-order valence-corrected chi connectivity index (χ0v) is 11.2. The second-order valence-corrected chi connectivity index (χ2v) is 4.66. The van der Waals surface area contributed by atoms with Gasteiger partial charge < -0.3 is 9.47 Å². The highest BCUT2D eigenvalue weighted by molar-refractivity contribution is 9.10. The van der Waals surface area contributed by atoms with Gasteiger partial charge in [-0.25, -0.2) is 0 Å². The van der Waals surface area contributed by atoms with Crippen molar-refractivity contribution < 1.29 is 9.47 Å². The maximum atomic E-state index is 5.41. The highest BCUT2D eigenvalue weighted by atomic mass is 79.9. The summed E-state index contributed by atoms with van der Waals surface area (Å²) >= 11 is 3.52. The molecule has 1 N–H and O–H groups in total. The number of hydrogen-bond acceptors (Lipinski definition) is 3. The molecule has 3 nitrogen and oxygen atoms in total. The largest absolute Gasteiger partial charge is 0.454 e. The molecule has 0 spiro atoms. The number of halogens is 1. The first kappa shape index (κ1) is 12.3. The molecule has 0 radical (unpaired) electrons. The van der Waals surface area contributed by atoms with E-state index in [9.17, 15) is 0 Å². The minimum atomic E-state index is 0.104. The number of benzene rings is 1. The third kappa shape index (κ3) is 2.74. The van der Waals surface area contributed by atoms with Crippen LogP contribution in [0, 0.1) is 12.3 Å². The van der Waals surface area contributed by atoms with Crippen molar-refractivity contribution in [1.82, 2.24) is 5.32 Å². The van der Waals surface area contributed by atoms with Crippen molar-refractivity contribution in [3.63, 3.8) is 0 Å². The topological polar surface area (TPSA) is 30.5 Å². The molecular weight excluding hydrogens is 282 g/mol. The number of ether oxygens (including phenoxy) is 2. The Morgan fingerprint density at radius 1 is 1.47 bits per heavy atom. The van der Waals surface area contributed by atoms with Crippen LogP contribution < -0.4 is 14.8 Å². The highest BCUT2D eigenvalue weighted by Gasteiger charge is 2.16. The van der Waals surface area contributed by atoms with Crippen molar-refractivity contribution in [2.24, 2.45) is 0 Å². The van der Waals surface area contributed by atoms with Gasteiger partial charge in [-0.15, -0.1) is 6.42 Å². The van der Waals surface area contributed by atoms with Gasteiger partial charge in [0.05, 0.1) is 6.04 Å². The van der Waals surface area contributed by atoms with Crippen LogP contribution in [0.3, 0.4) is 0 Å². The number of rotatable bonds is 4. The third-order valence-electron chi connectivity index (χ3n) is 2.69. The molecule has 0 fully saturated rings. The van der Waals surface area contributed by atoms with Crippen molar-refractivity contribution in [2.75, 3.05) is 6.79 Å². The summed E-state index contributed by atoms with van der Waals surface area (Å²) in [6, 6.07) is 4.01. The maximum absolute atomic E-state index is 5.41. The van der Waals surface area contributed by atoms with E-state index < -0.39 is 0 Å². The van der Waals surface area contributed by atoms with Crippen molar-refractivity contribution in [3.8, 4) is 23.8 Å². The molecule has 1 aliphatic heterocycles. The average Bonchev–Trinajstić information content (AvgIpc) is 2.77. The molecule has 1 aliphatic rings. The van der Waals surface area contributed by atoms with Crippen molar-refractivity contribution in [3.05, 3.63) is 22.2 Å². The lowest BCUT2D eigenvalue weighted by Gasteiger charge is -2.12. The quantitative estimate of drug-likeness (QED) is 0.867. The second-order valence-electron chi connectivity index (χ2n) is 3.81. The fourth-order valence-corrected chi connectivity index (χ4v) is 2.11. The predicted molar refractivity (Wildman–Crippen MR) is 70.0 cm³/mol. The van der Waals surface area contributed by atoms with Gasteiger partial charge in [-0.05, 0) is 24.1 Å². The van der Waals surface area contributed by atoms with Crippen LogP contribution in [0.15, 0.2) is 16.6 Å². The SMILES string of the molecule is C#CC(CC)NCc1cc2c(cc1Br)OCO2. The Morgan fingerprint density at radius 2 is 2.18 bits per heavy atom. The molecule has 1 aromatic carbocycles. The lowest BCUT2D eigenvalue weighted by atomic mass is 10.1. The van der Waals surface area contributed by atoms with Gasteiger partial charge in [0, 0.05) is 11.0 Å². The lowest BCUT2D eigenvalue weighted by Crippen LogP contribution is -2.26. The van der Waals surface area contributed by atoms with E-state index in [-0.39, 0.29) is 6.04 Å². The van der Waals surface area contributed by atoms with Gasteiger partial charge in [-0.1, -0.05) is 28.8 Å². The van der Waals surface area contributed by atoms with Gasteiger partial charge in [0.15, 0.2) is 11.5 Å². The van der Waals surface area contributed by atoms with Crippen LogP contribution in [0.25, 0.3) is 0 Å². The van der Waals surface area contributed by atoms with Crippen LogP contribution >= 0.6 is 15.9 Å². The summed E-state index contributed by atoms with van der Waals surface area (Å²) in [4.78, 5) is 0. The summed E-state index contributed by atoms with van der Waals surface area (Å²) in [6.45, 7) is 3.06. The highest BCUT2D eigenvalue weighted by Crippen LogP contribution is 2.36. The molecule has 1 atom stereocenters. The minimum Gasteiger partial charge on any atom is -0.454 e. The van der Waals surface area contributed by atoms with E-state index in [1.54, 1.807) is 0 Å². The Morgan fingerprint density at radius 3 is 2.82 bits per heavy atom. The van der Waals surface area contributed by atoms with Crippen LogP contribution in [-0.4, -0.2) is 12.8 Å². The van der Waals surface area contributed by atoms with E-state index >= 15 is 0 Å². The summed E-state index contributed by atoms with van der Waals surface area (Å²) in [6.07, 6.45) is 6.32. The van der Waals surface area contributed by atoms with Crippen LogP contribution in [0.2, 0.25) is 0 Å². The molecule has 1 aromatic rings. The standard InChI is InChI=1S/C13H14BrNO2/c1-3-10(4-2)15-7-9-5-12-13(6-11(9)14)17-8-16-12/h1,5-6,10,15H,4,7-8H2,2H3. The van der Waals surface area contributed by atoms with Crippen molar-refractivity contribution >= 4 is 15.9 Å². The summed E-state index contributed by atoms with van der Waals surface area (Å²) in [5.41, 5.74) is 1.11. The smallest absolute Gasteiger partial charge is 0.231 e. The van der Waals surface area contributed by atoms with Gasteiger partial charge in [0.25, 0.3) is 0 Å². The molecular formula is C13H14BrNO2. The zero-order chi connectivity index (χ0) is 12.3. The van der Waals surface area contributed by atoms with E-state index in [0.717, 1.165) is 28.0 Å². The average molecular weight is 296 g/mol. The Balaban J connectivity index is 2.09. The van der Waals surface area contributed by atoms with E-state index in [1.165, 1.54) is 0 Å². The van der Waals surface area contributed by atoms with Crippen molar-refractivity contribution in [1.29, 1.82) is 0 Å². The molecule has 1 heterocycles. The van der Waals surface area contributed by atoms with Gasteiger partial charge >= 0.3 is 0 Å². The Labute approximate surface area is 110 Å². The first-order valence-corrected chi connectivity index (χ1v) is 6.31. The van der Waals surface area contributed by atoms with Crippen LogP contribution in [0.1, 0.15) is 18.9 Å². The molecule has 17 heavy (non-hydrogen) atoms. The number of nitrogens with one attached hydrogen (secondary N) is 1. The molecule has 0 aromatic heterocycles. The fourth-order valence-electron chi connectivity index (χ4n) is 1.65. The molecule has 0 aliphatic carbocycles. The molecule has 2 rings (SSSR count). The zero-order valence-electron chi connectivity index (χ0n) is 9.63. The van der Waals surface area contributed by atoms with Gasteiger partial charge in [0.1, 0.15) is 0 Å². The monoisotopic (exact) mass is 295 g/mol. The van der Waals surface area contributed by atoms with Gasteiger partial charge in [-0.2, -0.15) is 0 Å². The van der Waals surface area contributed by atoms with E-state index in [0.29, 0.717) is 13.3 Å². The van der Waals surface area contributed by atoms with Crippen LogP contribution in [0.5, 0.6) is 11.5 Å². The van der Waals surface area contributed by atoms with Crippen LogP contribution in [0.4, 0.5) is 0 Å². The Bertz CT molecular complexity index is 453. The fraction of sp³-hybridized carbons (Fsp3) is 0.385. The molecule has 0 saturated carbocycles. The molecule has 1 unspecified atom stereocenters. The predicted octanol–water partition coefficient (Wildman–Crippen LogP) is 2.68. The minimum absolute atomic E-state index is 0.104. The molecule has 0 saturated heterocycles. The van der Waals surface area contributed by atoms with E-state index in [4.69, 9.17) is 15.9 Å². The number of terminal acetylenes is 1. The summed E-state index contributed by atoms with van der Waals surface area (Å²) < 4.78 is 11.6. The molecule has 0 amide bonds. The summed E-state index contributed by atoms with van der Waals surface area (Å²) in [5, 5.41) is 3.30.